The maximum absolute atomic E-state index is 12.3. The van der Waals surface area contributed by atoms with Crippen LogP contribution in [0.1, 0.15) is 30.4 Å². The molecule has 7 heteroatoms. The number of carboxylic acid groups (broad SMARTS) is 1. The van der Waals surface area contributed by atoms with E-state index < -0.39 is 11.9 Å². The molecule has 1 saturated heterocycles. The minimum atomic E-state index is -0.854. The van der Waals surface area contributed by atoms with E-state index in [-0.39, 0.29) is 18.5 Å². The highest BCUT2D eigenvalue weighted by Crippen LogP contribution is 2.23. The van der Waals surface area contributed by atoms with E-state index in [1.54, 1.807) is 0 Å². The number of hydrogen-bond acceptors (Lipinski definition) is 3. The summed E-state index contributed by atoms with van der Waals surface area (Å²) in [6.07, 6.45) is 1.47. The van der Waals surface area contributed by atoms with Crippen molar-refractivity contribution in [3.8, 4) is 0 Å². The van der Waals surface area contributed by atoms with Crippen molar-refractivity contribution < 1.29 is 19.5 Å². The molecule has 1 unspecified atom stereocenters. The zero-order valence-corrected chi connectivity index (χ0v) is 14.1. The molecule has 0 spiro atoms. The molecule has 0 bridgehead atoms. The van der Waals surface area contributed by atoms with Crippen molar-refractivity contribution in [3.63, 3.8) is 0 Å². The Morgan fingerprint density at radius 2 is 1.80 bits per heavy atom. The first-order valence-corrected chi connectivity index (χ1v) is 8.64. The van der Waals surface area contributed by atoms with Gasteiger partial charge >= 0.3 is 12.0 Å². The fourth-order valence-electron chi connectivity index (χ4n) is 3.36. The normalized spacial score (nSPS) is 19.0. The molecule has 1 atom stereocenters. The highest BCUT2D eigenvalue weighted by atomic mass is 16.4. The summed E-state index contributed by atoms with van der Waals surface area (Å²) < 4.78 is 0. The number of hydrogen-bond donors (Lipinski definition) is 2. The third-order valence-corrected chi connectivity index (χ3v) is 4.86. The lowest BCUT2D eigenvalue weighted by molar-refractivity contribution is -0.141. The van der Waals surface area contributed by atoms with Crippen LogP contribution in [0.4, 0.5) is 4.79 Å². The Morgan fingerprint density at radius 1 is 1.12 bits per heavy atom. The zero-order valence-electron chi connectivity index (χ0n) is 14.1. The average Bonchev–Trinajstić information content (AvgIpc) is 3.24. The Labute approximate surface area is 146 Å². The van der Waals surface area contributed by atoms with E-state index in [0.717, 1.165) is 0 Å². The van der Waals surface area contributed by atoms with E-state index in [2.05, 4.69) is 5.32 Å². The standard InChI is InChI=1S/C18H23N3O4/c22-16(21-10-13-4-1-2-5-14(13)11-21)6-3-8-19-18(25)20-9-7-15(12-20)17(23)24/h1-2,4-5,15H,3,6-12H2,(H,19,25)(H,23,24). The largest absolute Gasteiger partial charge is 0.481 e. The van der Waals surface area contributed by atoms with Gasteiger partial charge < -0.3 is 20.2 Å². The van der Waals surface area contributed by atoms with Gasteiger partial charge in [-0.15, -0.1) is 0 Å². The topological polar surface area (TPSA) is 90.0 Å². The first-order valence-electron chi connectivity index (χ1n) is 8.64. The molecule has 134 valence electrons. The van der Waals surface area contributed by atoms with Gasteiger partial charge in [-0.1, -0.05) is 24.3 Å². The maximum Gasteiger partial charge on any atom is 0.317 e. The van der Waals surface area contributed by atoms with Gasteiger partial charge in [0.15, 0.2) is 0 Å². The summed E-state index contributed by atoms with van der Waals surface area (Å²) in [5, 5.41) is 11.7. The molecule has 3 amide bonds. The number of carboxylic acids is 1. The van der Waals surface area contributed by atoms with Crippen LogP contribution < -0.4 is 5.32 Å². The number of amides is 3. The predicted octanol–water partition coefficient (Wildman–Crippen LogP) is 1.43. The van der Waals surface area contributed by atoms with Gasteiger partial charge in [-0.2, -0.15) is 0 Å². The van der Waals surface area contributed by atoms with Crippen LogP contribution in [0.5, 0.6) is 0 Å². The van der Waals surface area contributed by atoms with Crippen LogP contribution in [0.15, 0.2) is 24.3 Å². The highest BCUT2D eigenvalue weighted by Gasteiger charge is 2.30. The second-order valence-corrected chi connectivity index (χ2v) is 6.62. The summed E-state index contributed by atoms with van der Waals surface area (Å²) in [7, 11) is 0. The van der Waals surface area contributed by atoms with Gasteiger partial charge in [-0.3, -0.25) is 9.59 Å². The molecule has 0 aromatic heterocycles. The minimum Gasteiger partial charge on any atom is -0.481 e. The van der Waals surface area contributed by atoms with Gasteiger partial charge in [0.05, 0.1) is 5.92 Å². The molecule has 2 heterocycles. The second kappa shape index (κ2) is 7.55. The fourth-order valence-corrected chi connectivity index (χ4v) is 3.36. The smallest absolute Gasteiger partial charge is 0.317 e. The van der Waals surface area contributed by atoms with Crippen LogP contribution >= 0.6 is 0 Å². The summed E-state index contributed by atoms with van der Waals surface area (Å²) in [6, 6.07) is 7.81. The number of likely N-dealkylation sites (tertiary alicyclic amines) is 1. The molecule has 2 N–H and O–H groups in total. The molecule has 3 rings (SSSR count). The molecule has 1 aromatic carbocycles. The van der Waals surface area contributed by atoms with Crippen molar-refractivity contribution in [2.24, 2.45) is 5.92 Å². The molecular weight excluding hydrogens is 322 g/mol. The Hall–Kier alpha value is -2.57. The van der Waals surface area contributed by atoms with Gasteiger partial charge in [-0.05, 0) is 24.0 Å². The van der Waals surface area contributed by atoms with E-state index in [4.69, 9.17) is 5.11 Å². The lowest BCUT2D eigenvalue weighted by Gasteiger charge is -2.18. The van der Waals surface area contributed by atoms with Crippen molar-refractivity contribution in [1.29, 1.82) is 0 Å². The van der Waals surface area contributed by atoms with E-state index in [1.807, 2.05) is 29.2 Å². The quantitative estimate of drug-likeness (QED) is 0.790. The summed E-state index contributed by atoms with van der Waals surface area (Å²) in [4.78, 5) is 38.5. The van der Waals surface area contributed by atoms with Gasteiger partial charge in [0.25, 0.3) is 0 Å². The second-order valence-electron chi connectivity index (χ2n) is 6.62. The van der Waals surface area contributed by atoms with Gasteiger partial charge in [-0.25, -0.2) is 4.79 Å². The summed E-state index contributed by atoms with van der Waals surface area (Å²) in [6.45, 7) is 2.46. The van der Waals surface area contributed by atoms with Crippen molar-refractivity contribution in [1.82, 2.24) is 15.1 Å². The predicted molar refractivity (Wildman–Crippen MR) is 90.6 cm³/mol. The summed E-state index contributed by atoms with van der Waals surface area (Å²) in [5.41, 5.74) is 2.40. The zero-order chi connectivity index (χ0) is 17.8. The van der Waals surface area contributed by atoms with E-state index in [9.17, 15) is 14.4 Å². The van der Waals surface area contributed by atoms with E-state index in [0.29, 0.717) is 45.4 Å². The van der Waals surface area contributed by atoms with Gasteiger partial charge in [0, 0.05) is 39.1 Å². The SMILES string of the molecule is O=C(O)C1CCN(C(=O)NCCCC(=O)N2Cc3ccccc3C2)C1. The molecule has 0 saturated carbocycles. The number of benzene rings is 1. The van der Waals surface area contributed by atoms with Crippen molar-refractivity contribution in [3.05, 3.63) is 35.4 Å². The molecule has 25 heavy (non-hydrogen) atoms. The third-order valence-electron chi connectivity index (χ3n) is 4.86. The highest BCUT2D eigenvalue weighted by molar-refractivity contribution is 5.78. The molecule has 0 aliphatic carbocycles. The van der Waals surface area contributed by atoms with Crippen LogP contribution in [-0.2, 0) is 22.7 Å². The lowest BCUT2D eigenvalue weighted by Crippen LogP contribution is -2.39. The fraction of sp³-hybridized carbons (Fsp3) is 0.500. The number of aliphatic carboxylic acids is 1. The molecule has 0 radical (unpaired) electrons. The summed E-state index contributed by atoms with van der Waals surface area (Å²) >= 11 is 0. The Morgan fingerprint density at radius 3 is 2.40 bits per heavy atom. The van der Waals surface area contributed by atoms with Crippen LogP contribution in [0.25, 0.3) is 0 Å². The van der Waals surface area contributed by atoms with Gasteiger partial charge in [0.1, 0.15) is 0 Å². The first-order chi connectivity index (χ1) is 12.0. The van der Waals surface area contributed by atoms with Gasteiger partial charge in [0.2, 0.25) is 5.91 Å². The lowest BCUT2D eigenvalue weighted by atomic mass is 10.1. The van der Waals surface area contributed by atoms with Crippen molar-refractivity contribution >= 4 is 17.9 Å². The average molecular weight is 345 g/mol. The number of fused-ring (bicyclic) bond motifs is 1. The number of carbonyl (C=O) groups is 3. The molecule has 2 aliphatic rings. The van der Waals surface area contributed by atoms with E-state index >= 15 is 0 Å². The van der Waals surface area contributed by atoms with Crippen LogP contribution in [-0.4, -0.2) is 52.4 Å². The van der Waals surface area contributed by atoms with E-state index in [1.165, 1.54) is 16.0 Å². The number of rotatable bonds is 5. The third kappa shape index (κ3) is 4.10. The Kier molecular flexibility index (Phi) is 5.21. The van der Waals surface area contributed by atoms with Crippen LogP contribution in [0.3, 0.4) is 0 Å². The number of nitrogens with zero attached hydrogens (tertiary/aromatic N) is 2. The minimum absolute atomic E-state index is 0.0950. The number of carbonyl (C=O) groups excluding carboxylic acids is 2. The first kappa shape index (κ1) is 17.3. The monoisotopic (exact) mass is 345 g/mol. The van der Waals surface area contributed by atoms with Crippen molar-refractivity contribution in [2.75, 3.05) is 19.6 Å². The van der Waals surface area contributed by atoms with Crippen LogP contribution in [0, 0.1) is 5.92 Å². The molecule has 2 aliphatic heterocycles. The summed E-state index contributed by atoms with van der Waals surface area (Å²) in [5.74, 6) is -1.23. The number of urea groups is 1. The number of nitrogens with one attached hydrogen (secondary N) is 1. The molecule has 7 nitrogen and oxygen atoms in total. The molecule has 1 aromatic rings. The Bertz CT molecular complexity index is 651. The maximum atomic E-state index is 12.3. The van der Waals surface area contributed by atoms with Crippen LogP contribution in [0.2, 0.25) is 0 Å². The molecule has 1 fully saturated rings. The Balaban J connectivity index is 1.34. The van der Waals surface area contributed by atoms with Crippen molar-refractivity contribution in [2.45, 2.75) is 32.4 Å². The molecular formula is C18H23N3O4.